The van der Waals surface area contributed by atoms with Crippen molar-refractivity contribution in [1.29, 1.82) is 0 Å². The summed E-state index contributed by atoms with van der Waals surface area (Å²) in [5.41, 5.74) is 0.485. The van der Waals surface area contributed by atoms with Gasteiger partial charge in [-0.1, -0.05) is 31.5 Å². The summed E-state index contributed by atoms with van der Waals surface area (Å²) in [4.78, 5) is 25.9. The molecule has 1 unspecified atom stereocenters. The van der Waals surface area contributed by atoms with Crippen LogP contribution in [0.25, 0.3) is 0 Å². The highest BCUT2D eigenvalue weighted by atomic mass is 35.5. The minimum Gasteiger partial charge on any atom is -0.349 e. The van der Waals surface area contributed by atoms with Crippen LogP contribution in [0.1, 0.15) is 35.5 Å². The van der Waals surface area contributed by atoms with Gasteiger partial charge in [0.2, 0.25) is 5.91 Å². The van der Waals surface area contributed by atoms with Crippen molar-refractivity contribution in [1.82, 2.24) is 10.6 Å². The molecule has 2 N–H and O–H groups in total. The molecule has 0 bridgehead atoms. The molecule has 1 aromatic carbocycles. The number of rotatable bonds is 7. The second-order valence-electron chi connectivity index (χ2n) is 5.96. The summed E-state index contributed by atoms with van der Waals surface area (Å²) < 4.78 is 0. The van der Waals surface area contributed by atoms with E-state index >= 15 is 0 Å². The summed E-state index contributed by atoms with van der Waals surface area (Å²) in [5, 5.41) is 8.25. The molecule has 0 radical (unpaired) electrons. The molecule has 6 heteroatoms. The molecule has 2 amide bonds. The summed E-state index contributed by atoms with van der Waals surface area (Å²) in [6, 6.07) is 9.96. The van der Waals surface area contributed by atoms with Crippen molar-refractivity contribution in [2.24, 2.45) is 5.92 Å². The normalized spacial score (nSPS) is 12.0. The third kappa shape index (κ3) is 5.65. The SMILES string of the molecule is CC(C)CC(NC(=O)c1ccc(Cl)cc1)C(=O)NCc1cccs1. The molecular formula is C18H21ClN2O2S. The number of amides is 2. The number of carbonyl (C=O) groups excluding carboxylic acids is 2. The predicted octanol–water partition coefficient (Wildman–Crippen LogP) is 3.86. The molecule has 1 heterocycles. The van der Waals surface area contributed by atoms with Crippen LogP contribution in [0.5, 0.6) is 0 Å². The second-order valence-corrected chi connectivity index (χ2v) is 7.43. The molecule has 0 aliphatic rings. The lowest BCUT2D eigenvalue weighted by Gasteiger charge is -2.20. The van der Waals surface area contributed by atoms with E-state index in [1.807, 2.05) is 31.4 Å². The van der Waals surface area contributed by atoms with Crippen molar-refractivity contribution < 1.29 is 9.59 Å². The van der Waals surface area contributed by atoms with E-state index in [9.17, 15) is 9.59 Å². The fourth-order valence-corrected chi connectivity index (χ4v) is 3.03. The molecule has 24 heavy (non-hydrogen) atoms. The Morgan fingerprint density at radius 3 is 2.46 bits per heavy atom. The first-order valence-electron chi connectivity index (χ1n) is 7.82. The second kappa shape index (κ2) is 8.85. The first kappa shape index (κ1) is 18.5. The van der Waals surface area contributed by atoms with E-state index in [0.29, 0.717) is 23.6 Å². The van der Waals surface area contributed by atoms with E-state index in [1.165, 1.54) is 0 Å². The molecule has 128 valence electrons. The van der Waals surface area contributed by atoms with Crippen molar-refractivity contribution in [2.45, 2.75) is 32.9 Å². The topological polar surface area (TPSA) is 58.2 Å². The molecule has 1 aromatic heterocycles. The summed E-state index contributed by atoms with van der Waals surface area (Å²) in [6.07, 6.45) is 0.579. The van der Waals surface area contributed by atoms with E-state index in [4.69, 9.17) is 11.6 Å². The zero-order valence-electron chi connectivity index (χ0n) is 13.7. The third-order valence-corrected chi connectivity index (χ3v) is 4.58. The average Bonchev–Trinajstić information content (AvgIpc) is 3.05. The third-order valence-electron chi connectivity index (χ3n) is 3.45. The zero-order valence-corrected chi connectivity index (χ0v) is 15.3. The molecule has 0 saturated carbocycles. The smallest absolute Gasteiger partial charge is 0.251 e. The molecule has 0 fully saturated rings. The maximum Gasteiger partial charge on any atom is 0.251 e. The Morgan fingerprint density at radius 2 is 1.88 bits per heavy atom. The molecule has 1 atom stereocenters. The van der Waals surface area contributed by atoms with Gasteiger partial charge in [0.25, 0.3) is 5.91 Å². The van der Waals surface area contributed by atoms with Crippen LogP contribution in [-0.4, -0.2) is 17.9 Å². The Balaban J connectivity index is 1.99. The van der Waals surface area contributed by atoms with Gasteiger partial charge in [0.1, 0.15) is 6.04 Å². The van der Waals surface area contributed by atoms with E-state index in [2.05, 4.69) is 10.6 Å². The van der Waals surface area contributed by atoms with Gasteiger partial charge in [-0.05, 0) is 48.1 Å². The summed E-state index contributed by atoms with van der Waals surface area (Å²) >= 11 is 7.42. The van der Waals surface area contributed by atoms with Crippen LogP contribution in [0.3, 0.4) is 0 Å². The number of hydrogen-bond donors (Lipinski definition) is 2. The molecule has 4 nitrogen and oxygen atoms in total. The number of hydrogen-bond acceptors (Lipinski definition) is 3. The standard InChI is InChI=1S/C18H21ClN2O2S/c1-12(2)10-16(18(23)20-11-15-4-3-9-24-15)21-17(22)13-5-7-14(19)8-6-13/h3-9,12,16H,10-11H2,1-2H3,(H,20,23)(H,21,22). The predicted molar refractivity (Wildman–Crippen MR) is 98.3 cm³/mol. The summed E-state index contributed by atoms with van der Waals surface area (Å²) in [7, 11) is 0. The van der Waals surface area contributed by atoms with Gasteiger partial charge in [0, 0.05) is 15.5 Å². The van der Waals surface area contributed by atoms with Crippen LogP contribution < -0.4 is 10.6 Å². The van der Waals surface area contributed by atoms with E-state index in [0.717, 1.165) is 4.88 Å². The first-order valence-corrected chi connectivity index (χ1v) is 9.08. The van der Waals surface area contributed by atoms with Crippen molar-refractivity contribution in [2.75, 3.05) is 0 Å². The van der Waals surface area contributed by atoms with Crippen LogP contribution in [0.2, 0.25) is 5.02 Å². The van der Waals surface area contributed by atoms with Crippen LogP contribution in [0.15, 0.2) is 41.8 Å². The number of halogens is 1. The minimum absolute atomic E-state index is 0.167. The fraction of sp³-hybridized carbons (Fsp3) is 0.333. The van der Waals surface area contributed by atoms with Gasteiger partial charge in [-0.2, -0.15) is 0 Å². The highest BCUT2D eigenvalue weighted by Crippen LogP contribution is 2.12. The maximum absolute atomic E-state index is 12.5. The van der Waals surface area contributed by atoms with Crippen LogP contribution >= 0.6 is 22.9 Å². The Bertz CT molecular complexity index is 669. The molecule has 0 saturated heterocycles. The lowest BCUT2D eigenvalue weighted by Crippen LogP contribution is -2.47. The highest BCUT2D eigenvalue weighted by Gasteiger charge is 2.22. The van der Waals surface area contributed by atoms with E-state index in [-0.39, 0.29) is 17.7 Å². The Labute approximate surface area is 151 Å². The minimum atomic E-state index is -0.562. The van der Waals surface area contributed by atoms with Gasteiger partial charge < -0.3 is 10.6 Å². The lowest BCUT2D eigenvalue weighted by atomic mass is 10.0. The summed E-state index contributed by atoms with van der Waals surface area (Å²) in [5.74, 6) is -0.156. The molecule has 0 spiro atoms. The molecule has 0 aliphatic heterocycles. The summed E-state index contributed by atoms with van der Waals surface area (Å²) in [6.45, 7) is 4.52. The van der Waals surface area contributed by atoms with Gasteiger partial charge in [0.15, 0.2) is 0 Å². The van der Waals surface area contributed by atoms with Gasteiger partial charge in [-0.3, -0.25) is 9.59 Å². The Kier molecular flexibility index (Phi) is 6.82. The Morgan fingerprint density at radius 1 is 1.17 bits per heavy atom. The fourth-order valence-electron chi connectivity index (χ4n) is 2.26. The maximum atomic E-state index is 12.5. The lowest BCUT2D eigenvalue weighted by molar-refractivity contribution is -0.123. The van der Waals surface area contributed by atoms with E-state index < -0.39 is 6.04 Å². The number of thiophene rings is 1. The molecular weight excluding hydrogens is 344 g/mol. The monoisotopic (exact) mass is 364 g/mol. The quantitative estimate of drug-likeness (QED) is 0.783. The highest BCUT2D eigenvalue weighted by molar-refractivity contribution is 7.09. The van der Waals surface area contributed by atoms with Crippen molar-refractivity contribution in [3.8, 4) is 0 Å². The Hall–Kier alpha value is -1.85. The van der Waals surface area contributed by atoms with Gasteiger partial charge >= 0.3 is 0 Å². The van der Waals surface area contributed by atoms with Crippen molar-refractivity contribution in [3.05, 3.63) is 57.2 Å². The van der Waals surface area contributed by atoms with Crippen LogP contribution in [0.4, 0.5) is 0 Å². The van der Waals surface area contributed by atoms with E-state index in [1.54, 1.807) is 35.6 Å². The average molecular weight is 365 g/mol. The van der Waals surface area contributed by atoms with Crippen molar-refractivity contribution in [3.63, 3.8) is 0 Å². The van der Waals surface area contributed by atoms with Gasteiger partial charge in [-0.25, -0.2) is 0 Å². The van der Waals surface area contributed by atoms with Crippen molar-refractivity contribution >= 4 is 34.8 Å². The van der Waals surface area contributed by atoms with Crippen LogP contribution in [-0.2, 0) is 11.3 Å². The largest absolute Gasteiger partial charge is 0.349 e. The molecule has 2 rings (SSSR count). The van der Waals surface area contributed by atoms with Gasteiger partial charge in [-0.15, -0.1) is 11.3 Å². The zero-order chi connectivity index (χ0) is 17.5. The number of nitrogens with one attached hydrogen (secondary N) is 2. The van der Waals surface area contributed by atoms with Crippen LogP contribution in [0, 0.1) is 5.92 Å². The first-order chi connectivity index (χ1) is 11.5. The number of benzene rings is 1. The van der Waals surface area contributed by atoms with Gasteiger partial charge in [0.05, 0.1) is 6.54 Å². The number of carbonyl (C=O) groups is 2. The molecule has 0 aliphatic carbocycles. The molecule has 2 aromatic rings.